The molecule has 3 N–H and O–H groups in total. The van der Waals surface area contributed by atoms with E-state index in [1.807, 2.05) is 36.4 Å². The Morgan fingerprint density at radius 3 is 2.61 bits per heavy atom. The summed E-state index contributed by atoms with van der Waals surface area (Å²) in [5.74, 6) is -3.05. The second kappa shape index (κ2) is 13.1. The number of amidine groups is 1. The lowest BCUT2D eigenvalue weighted by Gasteiger charge is -2.14. The van der Waals surface area contributed by atoms with Gasteiger partial charge in [0.15, 0.2) is 5.17 Å². The molecule has 0 aliphatic carbocycles. The number of hydrogen-bond donors (Lipinski definition) is 3. The van der Waals surface area contributed by atoms with Crippen LogP contribution in [0.2, 0.25) is 5.02 Å². The highest BCUT2D eigenvalue weighted by molar-refractivity contribution is 8.18. The Labute approximate surface area is 241 Å². The zero-order valence-corrected chi connectivity index (χ0v) is 22.8. The predicted molar refractivity (Wildman–Crippen MR) is 152 cm³/mol. The molecule has 0 atom stereocenters. The van der Waals surface area contributed by atoms with Crippen molar-refractivity contribution in [2.24, 2.45) is 4.99 Å². The summed E-state index contributed by atoms with van der Waals surface area (Å²) in [5.41, 5.74) is 2.89. The fraction of sp³-hybridized carbons (Fsp3) is 0.222. The Morgan fingerprint density at radius 1 is 1.17 bits per heavy atom. The quantitative estimate of drug-likeness (QED) is 0.331. The lowest BCUT2D eigenvalue weighted by molar-refractivity contribution is -0.192. The van der Waals surface area contributed by atoms with Gasteiger partial charge in [-0.15, -0.1) is 0 Å². The number of alkyl halides is 3. The first kappa shape index (κ1) is 30.0. The molecule has 14 heteroatoms. The van der Waals surface area contributed by atoms with Crippen molar-refractivity contribution < 1.29 is 32.7 Å². The van der Waals surface area contributed by atoms with Gasteiger partial charge >= 0.3 is 12.1 Å². The van der Waals surface area contributed by atoms with E-state index in [1.54, 1.807) is 24.4 Å². The van der Waals surface area contributed by atoms with Gasteiger partial charge in [-0.2, -0.15) is 13.2 Å². The zero-order valence-electron chi connectivity index (χ0n) is 21.2. The highest BCUT2D eigenvalue weighted by Gasteiger charge is 2.38. The number of halogens is 4. The summed E-state index contributed by atoms with van der Waals surface area (Å²) in [6, 6.07) is 14.9. The summed E-state index contributed by atoms with van der Waals surface area (Å²) >= 11 is 7.58. The van der Waals surface area contributed by atoms with Crippen LogP contribution >= 0.6 is 23.4 Å². The van der Waals surface area contributed by atoms with Gasteiger partial charge in [0, 0.05) is 17.3 Å². The molecular weight excluding hydrogens is 583 g/mol. The molecule has 2 saturated heterocycles. The van der Waals surface area contributed by atoms with E-state index in [1.165, 1.54) is 11.8 Å². The molecule has 214 valence electrons. The molecular formula is C27H23ClF3N5O4S. The van der Waals surface area contributed by atoms with Gasteiger partial charge in [-0.3, -0.25) is 19.5 Å². The largest absolute Gasteiger partial charge is 0.490 e. The highest BCUT2D eigenvalue weighted by atomic mass is 35.5. The van der Waals surface area contributed by atoms with Crippen molar-refractivity contribution >= 4 is 74.7 Å². The van der Waals surface area contributed by atoms with Crippen LogP contribution < -0.4 is 10.6 Å². The van der Waals surface area contributed by atoms with Gasteiger partial charge in [-0.25, -0.2) is 9.79 Å². The van der Waals surface area contributed by atoms with Gasteiger partial charge in [0.1, 0.15) is 0 Å². The predicted octanol–water partition coefficient (Wildman–Crippen LogP) is 5.45. The number of likely N-dealkylation sites (tertiary alicyclic amines) is 1. The Hall–Kier alpha value is -3.94. The first-order chi connectivity index (χ1) is 19.5. The molecule has 0 radical (unpaired) electrons. The van der Waals surface area contributed by atoms with Gasteiger partial charge < -0.3 is 15.7 Å². The number of carbonyl (C=O) groups excluding carboxylic acids is 2. The summed E-state index contributed by atoms with van der Waals surface area (Å²) in [6.07, 6.45) is 0.760. The van der Waals surface area contributed by atoms with Gasteiger partial charge in [-0.1, -0.05) is 23.7 Å². The molecule has 1 aromatic heterocycles. The second-order valence-corrected chi connectivity index (χ2v) is 10.4. The number of anilines is 1. The van der Waals surface area contributed by atoms with Gasteiger partial charge in [0.2, 0.25) is 5.91 Å². The Balaban J connectivity index is 0.000000493. The topological polar surface area (TPSA) is 124 Å². The summed E-state index contributed by atoms with van der Waals surface area (Å²) in [5, 5.41) is 14.7. The molecule has 2 amide bonds. The normalized spacial score (nSPS) is 17.4. The maximum absolute atomic E-state index is 12.5. The molecule has 41 heavy (non-hydrogen) atoms. The number of benzene rings is 2. The fourth-order valence-electron chi connectivity index (χ4n) is 3.95. The molecule has 3 aromatic rings. The summed E-state index contributed by atoms with van der Waals surface area (Å²) in [7, 11) is 0. The minimum atomic E-state index is -5.08. The lowest BCUT2D eigenvalue weighted by atomic mass is 10.1. The standard InChI is InChI=1S/C25H22ClN5O2S.C2HF3O2/c26-19-7-6-18(28-23(32)15-31-10-1-2-11-31)14-21(19)29-25-30-24(33)22(34-25)13-16-5-8-20-17(12-16)4-3-9-27-20;3-2(4,5)1(6)7/h3-9,12-14H,1-2,10-11,15H2,(H,28,32)(H,29,30,33);(H,6,7)/b22-13-;. The molecule has 5 rings (SSSR count). The van der Waals surface area contributed by atoms with Crippen LogP contribution in [0.1, 0.15) is 18.4 Å². The van der Waals surface area contributed by atoms with Crippen molar-refractivity contribution in [3.8, 4) is 0 Å². The number of aliphatic carboxylic acids is 1. The van der Waals surface area contributed by atoms with E-state index >= 15 is 0 Å². The van der Waals surface area contributed by atoms with Crippen LogP contribution in [0.4, 0.5) is 24.5 Å². The number of carbonyl (C=O) groups is 3. The van der Waals surface area contributed by atoms with Crippen LogP contribution in [0.3, 0.4) is 0 Å². The minimum absolute atomic E-state index is 0.0674. The second-order valence-electron chi connectivity index (χ2n) is 8.94. The third-order valence-corrected chi connectivity index (χ3v) is 7.07. The van der Waals surface area contributed by atoms with Crippen LogP contribution in [-0.4, -0.2) is 63.8 Å². The molecule has 0 bridgehead atoms. The van der Waals surface area contributed by atoms with Crippen molar-refractivity contribution in [1.82, 2.24) is 15.2 Å². The summed E-state index contributed by atoms with van der Waals surface area (Å²) in [4.78, 5) is 45.3. The number of aromatic nitrogens is 1. The van der Waals surface area contributed by atoms with E-state index in [2.05, 4.69) is 25.5 Å². The number of fused-ring (bicyclic) bond motifs is 1. The highest BCUT2D eigenvalue weighted by Crippen LogP contribution is 2.33. The van der Waals surface area contributed by atoms with Crippen LogP contribution in [0, 0.1) is 0 Å². The number of carboxylic acids is 1. The third kappa shape index (κ3) is 8.52. The summed E-state index contributed by atoms with van der Waals surface area (Å²) < 4.78 is 31.7. The van der Waals surface area contributed by atoms with E-state index in [0.29, 0.717) is 33.0 Å². The number of carboxylic acid groups (broad SMARTS) is 1. The number of pyridine rings is 1. The zero-order chi connectivity index (χ0) is 29.6. The van der Waals surface area contributed by atoms with Gasteiger partial charge in [-0.05, 0) is 85.7 Å². The van der Waals surface area contributed by atoms with Crippen LogP contribution in [0.5, 0.6) is 0 Å². The first-order valence-electron chi connectivity index (χ1n) is 12.2. The Morgan fingerprint density at radius 2 is 1.90 bits per heavy atom. The molecule has 3 heterocycles. The number of hydrogen-bond acceptors (Lipinski definition) is 7. The molecule has 0 unspecified atom stereocenters. The summed E-state index contributed by atoms with van der Waals surface area (Å²) in [6.45, 7) is 2.28. The molecule has 9 nitrogen and oxygen atoms in total. The number of nitrogens with one attached hydrogen (secondary N) is 2. The number of thioether (sulfide) groups is 1. The number of amides is 2. The van der Waals surface area contributed by atoms with E-state index in [9.17, 15) is 22.8 Å². The van der Waals surface area contributed by atoms with Gasteiger partial charge in [0.05, 0.1) is 27.7 Å². The maximum atomic E-state index is 12.5. The number of rotatable bonds is 5. The van der Waals surface area contributed by atoms with Crippen molar-refractivity contribution in [3.63, 3.8) is 0 Å². The molecule has 2 aliphatic heterocycles. The minimum Gasteiger partial charge on any atom is -0.475 e. The average Bonchev–Trinajstić information content (AvgIpc) is 3.55. The molecule has 0 spiro atoms. The molecule has 2 fully saturated rings. The average molecular weight is 606 g/mol. The smallest absolute Gasteiger partial charge is 0.475 e. The van der Waals surface area contributed by atoms with E-state index in [0.717, 1.165) is 42.4 Å². The lowest BCUT2D eigenvalue weighted by Crippen LogP contribution is -2.30. The molecule has 2 aromatic carbocycles. The van der Waals surface area contributed by atoms with E-state index < -0.39 is 12.1 Å². The van der Waals surface area contributed by atoms with Crippen molar-refractivity contribution in [2.45, 2.75) is 19.0 Å². The molecule has 0 saturated carbocycles. The Kier molecular flexibility index (Phi) is 9.63. The third-order valence-electron chi connectivity index (χ3n) is 5.84. The van der Waals surface area contributed by atoms with Crippen LogP contribution in [0.15, 0.2) is 64.6 Å². The number of nitrogens with zero attached hydrogens (tertiary/aromatic N) is 3. The van der Waals surface area contributed by atoms with E-state index in [-0.39, 0.29) is 11.8 Å². The van der Waals surface area contributed by atoms with Crippen LogP contribution in [0.25, 0.3) is 17.0 Å². The van der Waals surface area contributed by atoms with Crippen molar-refractivity contribution in [2.75, 3.05) is 25.0 Å². The van der Waals surface area contributed by atoms with E-state index in [4.69, 9.17) is 21.5 Å². The fourth-order valence-corrected chi connectivity index (χ4v) is 4.94. The SMILES string of the molecule is O=C(CN1CCCC1)Nc1ccc(Cl)c(N=C2NC(=O)/C(=C/c3ccc4ncccc4c3)S2)c1.O=C(O)C(F)(F)F. The maximum Gasteiger partial charge on any atom is 0.490 e. The molecule has 2 aliphatic rings. The first-order valence-corrected chi connectivity index (χ1v) is 13.4. The monoisotopic (exact) mass is 605 g/mol. The number of aliphatic imine (C=N–C) groups is 1. The Bertz CT molecular complexity index is 1540. The van der Waals surface area contributed by atoms with Gasteiger partial charge in [0.25, 0.3) is 5.91 Å². The van der Waals surface area contributed by atoms with Crippen LogP contribution in [-0.2, 0) is 14.4 Å². The van der Waals surface area contributed by atoms with Crippen molar-refractivity contribution in [3.05, 3.63) is 70.2 Å². The van der Waals surface area contributed by atoms with Crippen molar-refractivity contribution in [1.29, 1.82) is 0 Å².